The van der Waals surface area contributed by atoms with E-state index in [2.05, 4.69) is 0 Å². The first-order chi connectivity index (χ1) is 6.73. The Morgan fingerprint density at radius 3 is 2.27 bits per heavy atom. The van der Waals surface area contributed by atoms with Gasteiger partial charge in [0, 0.05) is 6.07 Å². The van der Waals surface area contributed by atoms with Gasteiger partial charge in [-0.3, -0.25) is 14.7 Å². The van der Waals surface area contributed by atoms with Gasteiger partial charge in [-0.1, -0.05) is 0 Å². The van der Waals surface area contributed by atoms with Gasteiger partial charge in [0.2, 0.25) is 0 Å². The van der Waals surface area contributed by atoms with Gasteiger partial charge in [-0.2, -0.15) is 8.42 Å². The zero-order valence-corrected chi connectivity index (χ0v) is 8.06. The molecule has 0 unspecified atom stereocenters. The van der Waals surface area contributed by atoms with Crippen molar-refractivity contribution in [2.75, 3.05) is 11.5 Å². The molecule has 0 bridgehead atoms. The van der Waals surface area contributed by atoms with Crippen LogP contribution in [-0.4, -0.2) is 17.9 Å². The summed E-state index contributed by atoms with van der Waals surface area (Å²) in [5.74, 6) is 0. The average molecular weight is 233 g/mol. The van der Waals surface area contributed by atoms with Gasteiger partial charge < -0.3 is 11.5 Å². The summed E-state index contributed by atoms with van der Waals surface area (Å²) >= 11 is 0. The summed E-state index contributed by atoms with van der Waals surface area (Å²) in [4.78, 5) is 8.89. The number of rotatable bonds is 2. The zero-order chi connectivity index (χ0) is 11.8. The van der Waals surface area contributed by atoms with Gasteiger partial charge in [0.1, 0.15) is 10.6 Å². The molecule has 1 aromatic rings. The van der Waals surface area contributed by atoms with Crippen molar-refractivity contribution in [2.24, 2.45) is 0 Å². The van der Waals surface area contributed by atoms with Crippen LogP contribution in [0.5, 0.6) is 0 Å². The molecule has 0 amide bonds. The van der Waals surface area contributed by atoms with Crippen LogP contribution in [0, 0.1) is 10.1 Å². The summed E-state index contributed by atoms with van der Waals surface area (Å²) in [6.07, 6.45) is 0. The predicted molar refractivity (Wildman–Crippen MR) is 51.7 cm³/mol. The molecule has 0 aliphatic heterocycles. The van der Waals surface area contributed by atoms with Crippen LogP contribution in [0.2, 0.25) is 0 Å². The van der Waals surface area contributed by atoms with Crippen molar-refractivity contribution in [3.05, 3.63) is 22.2 Å². The number of nitro benzene ring substituents is 1. The summed E-state index contributed by atoms with van der Waals surface area (Å²) in [7, 11) is -4.54. The Hall–Kier alpha value is -1.87. The third-order valence-electron chi connectivity index (χ3n) is 1.66. The van der Waals surface area contributed by atoms with E-state index in [1.165, 1.54) is 0 Å². The van der Waals surface area contributed by atoms with E-state index in [1.54, 1.807) is 0 Å². The molecule has 0 aromatic heterocycles. The van der Waals surface area contributed by atoms with Gasteiger partial charge in [0.15, 0.2) is 0 Å². The molecule has 0 fully saturated rings. The van der Waals surface area contributed by atoms with Crippen molar-refractivity contribution in [2.45, 2.75) is 4.90 Å². The highest BCUT2D eigenvalue weighted by Crippen LogP contribution is 2.30. The van der Waals surface area contributed by atoms with Gasteiger partial charge >= 0.3 is 0 Å². The summed E-state index contributed by atoms with van der Waals surface area (Å²) in [6, 6.07) is 1.48. The number of anilines is 2. The molecule has 9 heteroatoms. The first kappa shape index (κ1) is 11.2. The monoisotopic (exact) mass is 233 g/mol. The molecule has 0 atom stereocenters. The number of nitrogens with zero attached hydrogens (tertiary/aromatic N) is 1. The molecular formula is C6H7N3O5S. The van der Waals surface area contributed by atoms with E-state index in [0.29, 0.717) is 6.07 Å². The van der Waals surface area contributed by atoms with Gasteiger partial charge in [0.25, 0.3) is 15.8 Å². The Kier molecular flexibility index (Phi) is 2.51. The molecule has 5 N–H and O–H groups in total. The second kappa shape index (κ2) is 3.37. The van der Waals surface area contributed by atoms with Crippen molar-refractivity contribution in [1.29, 1.82) is 0 Å². The Bertz CT molecular complexity index is 524. The van der Waals surface area contributed by atoms with Crippen molar-refractivity contribution in [1.82, 2.24) is 0 Å². The maximum absolute atomic E-state index is 10.7. The summed E-state index contributed by atoms with van der Waals surface area (Å²) < 4.78 is 30.1. The molecule has 0 saturated carbocycles. The largest absolute Gasteiger partial charge is 0.397 e. The van der Waals surface area contributed by atoms with Gasteiger partial charge in [-0.05, 0) is 6.07 Å². The predicted octanol–water partition coefficient (Wildman–Crippen LogP) is 0.00590. The Balaban J connectivity index is 3.57. The third-order valence-corrected chi connectivity index (χ3v) is 2.49. The quantitative estimate of drug-likeness (QED) is 0.281. The number of nitro groups is 1. The van der Waals surface area contributed by atoms with E-state index in [9.17, 15) is 18.5 Å². The first-order valence-corrected chi connectivity index (χ1v) is 4.98. The molecular weight excluding hydrogens is 226 g/mol. The smallest absolute Gasteiger partial charge is 0.295 e. The maximum Gasteiger partial charge on any atom is 0.295 e. The van der Waals surface area contributed by atoms with E-state index in [-0.39, 0.29) is 11.4 Å². The van der Waals surface area contributed by atoms with Crippen LogP contribution in [0.1, 0.15) is 0 Å². The minimum atomic E-state index is -4.54. The summed E-state index contributed by atoms with van der Waals surface area (Å²) in [5, 5.41) is 10.4. The normalized spacial score (nSPS) is 11.3. The van der Waals surface area contributed by atoms with Crippen LogP contribution in [0.4, 0.5) is 17.1 Å². The third kappa shape index (κ3) is 2.14. The Labute approximate surface area is 84.4 Å². The molecule has 82 valence electrons. The second-order valence-corrected chi connectivity index (χ2v) is 4.10. The lowest BCUT2D eigenvalue weighted by atomic mass is 10.2. The lowest BCUT2D eigenvalue weighted by molar-refractivity contribution is -0.384. The highest BCUT2D eigenvalue weighted by Gasteiger charge is 2.20. The van der Waals surface area contributed by atoms with E-state index in [1.807, 2.05) is 0 Å². The minimum absolute atomic E-state index is 0.281. The standard InChI is InChI=1S/C6H7N3O5S/c7-4-1-3(15(12,13)14)2-5(6(4)8)9(10)11/h1-2H,7-8H2,(H,12,13,14). The van der Waals surface area contributed by atoms with Crippen LogP contribution in [0.25, 0.3) is 0 Å². The van der Waals surface area contributed by atoms with Crippen LogP contribution < -0.4 is 11.5 Å². The van der Waals surface area contributed by atoms with E-state index < -0.39 is 25.6 Å². The molecule has 0 heterocycles. The van der Waals surface area contributed by atoms with Gasteiger partial charge in [0.05, 0.1) is 10.6 Å². The highest BCUT2D eigenvalue weighted by molar-refractivity contribution is 7.85. The van der Waals surface area contributed by atoms with Crippen molar-refractivity contribution in [3.63, 3.8) is 0 Å². The van der Waals surface area contributed by atoms with Crippen LogP contribution in [-0.2, 0) is 10.1 Å². The van der Waals surface area contributed by atoms with Crippen LogP contribution in [0.15, 0.2) is 17.0 Å². The molecule has 1 rings (SSSR count). The van der Waals surface area contributed by atoms with Crippen molar-refractivity contribution < 1.29 is 17.9 Å². The molecule has 8 nitrogen and oxygen atoms in total. The van der Waals surface area contributed by atoms with Crippen LogP contribution >= 0.6 is 0 Å². The van der Waals surface area contributed by atoms with Gasteiger partial charge in [-0.25, -0.2) is 0 Å². The number of hydrogen-bond donors (Lipinski definition) is 3. The molecule has 0 aliphatic rings. The molecule has 0 saturated heterocycles. The Morgan fingerprint density at radius 1 is 1.33 bits per heavy atom. The lowest BCUT2D eigenvalue weighted by Crippen LogP contribution is -2.05. The summed E-state index contributed by atoms with van der Waals surface area (Å²) in [6.45, 7) is 0. The molecule has 0 radical (unpaired) electrons. The zero-order valence-electron chi connectivity index (χ0n) is 7.25. The SMILES string of the molecule is Nc1cc(S(=O)(=O)O)cc([N+](=O)[O-])c1N. The highest BCUT2D eigenvalue weighted by atomic mass is 32.2. The van der Waals surface area contributed by atoms with Crippen molar-refractivity contribution in [3.8, 4) is 0 Å². The fourth-order valence-electron chi connectivity index (χ4n) is 0.933. The first-order valence-electron chi connectivity index (χ1n) is 3.54. The van der Waals surface area contributed by atoms with Crippen molar-refractivity contribution >= 4 is 27.2 Å². The molecule has 0 aliphatic carbocycles. The second-order valence-electron chi connectivity index (χ2n) is 2.68. The van der Waals surface area contributed by atoms with E-state index in [0.717, 1.165) is 6.07 Å². The van der Waals surface area contributed by atoms with E-state index >= 15 is 0 Å². The number of benzene rings is 1. The number of nitrogens with two attached hydrogens (primary N) is 2. The summed E-state index contributed by atoms with van der Waals surface area (Å²) in [5.41, 5.74) is 9.22. The molecule has 0 spiro atoms. The van der Waals surface area contributed by atoms with Crippen LogP contribution in [0.3, 0.4) is 0 Å². The molecule has 15 heavy (non-hydrogen) atoms. The number of nitrogen functional groups attached to an aromatic ring is 2. The minimum Gasteiger partial charge on any atom is -0.397 e. The topological polar surface area (TPSA) is 150 Å². The Morgan fingerprint density at radius 2 is 1.87 bits per heavy atom. The number of hydrogen-bond acceptors (Lipinski definition) is 6. The fourth-order valence-corrected chi connectivity index (χ4v) is 1.47. The van der Waals surface area contributed by atoms with Gasteiger partial charge in [-0.15, -0.1) is 0 Å². The molecule has 1 aromatic carbocycles. The maximum atomic E-state index is 10.7. The average Bonchev–Trinajstić information content (AvgIpc) is 2.06. The van der Waals surface area contributed by atoms with E-state index in [4.69, 9.17) is 16.0 Å². The fraction of sp³-hybridized carbons (Fsp3) is 0. The lowest BCUT2D eigenvalue weighted by Gasteiger charge is -2.03.